The van der Waals surface area contributed by atoms with Gasteiger partial charge in [0, 0.05) is 18.5 Å². The van der Waals surface area contributed by atoms with Gasteiger partial charge in [-0.15, -0.1) is 11.6 Å². The summed E-state index contributed by atoms with van der Waals surface area (Å²) in [6, 6.07) is 0. The highest BCUT2D eigenvalue weighted by Gasteiger charge is 2.27. The van der Waals surface area contributed by atoms with E-state index in [1.165, 1.54) is 64.6 Å². The first-order valence-electron chi connectivity index (χ1n) is 8.01. The fourth-order valence-corrected chi connectivity index (χ4v) is 4.24. The molecule has 1 unspecified atom stereocenters. The van der Waals surface area contributed by atoms with Crippen molar-refractivity contribution >= 4 is 11.6 Å². The molecule has 0 spiro atoms. The molecule has 2 fully saturated rings. The van der Waals surface area contributed by atoms with Crippen LogP contribution in [-0.4, -0.2) is 29.9 Å². The molecule has 1 heterocycles. The number of nitrogens with zero attached hydrogens (tertiary/aromatic N) is 1. The van der Waals surface area contributed by atoms with Gasteiger partial charge in [0.1, 0.15) is 0 Å². The second kappa shape index (κ2) is 7.14. The first-order chi connectivity index (χ1) is 8.65. The van der Waals surface area contributed by atoms with E-state index in [0.717, 1.165) is 17.8 Å². The van der Waals surface area contributed by atoms with E-state index in [-0.39, 0.29) is 0 Å². The Morgan fingerprint density at radius 1 is 1.11 bits per heavy atom. The minimum atomic E-state index is 0.448. The summed E-state index contributed by atoms with van der Waals surface area (Å²) in [6.07, 6.45) is 9.61. The molecule has 0 bridgehead atoms. The Balaban J connectivity index is 1.77. The Kier molecular flexibility index (Phi) is 5.82. The smallest absolute Gasteiger partial charge is 0.0376 e. The molecule has 18 heavy (non-hydrogen) atoms. The van der Waals surface area contributed by atoms with Crippen LogP contribution in [0.3, 0.4) is 0 Å². The van der Waals surface area contributed by atoms with Crippen molar-refractivity contribution in [2.24, 2.45) is 17.8 Å². The van der Waals surface area contributed by atoms with Crippen molar-refractivity contribution in [1.82, 2.24) is 4.90 Å². The Morgan fingerprint density at radius 3 is 2.61 bits per heavy atom. The van der Waals surface area contributed by atoms with Crippen LogP contribution in [0.2, 0.25) is 0 Å². The summed E-state index contributed by atoms with van der Waals surface area (Å²) in [7, 11) is 0. The summed E-state index contributed by atoms with van der Waals surface area (Å²) < 4.78 is 0. The lowest BCUT2D eigenvalue weighted by Crippen LogP contribution is -2.41. The molecular weight excluding hydrogens is 242 g/mol. The second-order valence-electron chi connectivity index (χ2n) is 6.96. The standard InChI is InChI=1S/C16H30ClN/c1-13(2)10-14-6-5-9-18(11-14)12-15-7-3-4-8-16(15)17/h13-16H,3-12H2,1-2H3/t14?,15-,16+/m0/s1. The van der Waals surface area contributed by atoms with E-state index >= 15 is 0 Å². The van der Waals surface area contributed by atoms with Crippen LogP contribution >= 0.6 is 11.6 Å². The second-order valence-corrected chi connectivity index (χ2v) is 7.52. The number of hydrogen-bond acceptors (Lipinski definition) is 1. The molecular formula is C16H30ClN. The van der Waals surface area contributed by atoms with Gasteiger partial charge in [-0.05, 0) is 56.4 Å². The number of piperidine rings is 1. The minimum absolute atomic E-state index is 0.448. The molecule has 0 aromatic heterocycles. The van der Waals surface area contributed by atoms with Crippen LogP contribution in [0.5, 0.6) is 0 Å². The van der Waals surface area contributed by atoms with Crippen LogP contribution in [0.4, 0.5) is 0 Å². The molecule has 106 valence electrons. The first-order valence-corrected chi connectivity index (χ1v) is 8.45. The van der Waals surface area contributed by atoms with Gasteiger partial charge in [0.25, 0.3) is 0 Å². The third-order valence-corrected chi connectivity index (χ3v) is 5.29. The average Bonchev–Trinajstić information content (AvgIpc) is 2.32. The molecule has 2 heteroatoms. The molecule has 1 nitrogen and oxygen atoms in total. The van der Waals surface area contributed by atoms with E-state index in [9.17, 15) is 0 Å². The average molecular weight is 272 g/mol. The highest BCUT2D eigenvalue weighted by Crippen LogP contribution is 2.31. The van der Waals surface area contributed by atoms with Gasteiger partial charge in [0.05, 0.1) is 0 Å². The maximum Gasteiger partial charge on any atom is 0.0376 e. The molecule has 3 atom stereocenters. The zero-order valence-corrected chi connectivity index (χ0v) is 13.0. The molecule has 0 aromatic rings. The lowest BCUT2D eigenvalue weighted by atomic mass is 9.86. The van der Waals surface area contributed by atoms with E-state index in [4.69, 9.17) is 11.6 Å². The number of likely N-dealkylation sites (tertiary alicyclic amines) is 1. The lowest BCUT2D eigenvalue weighted by molar-refractivity contribution is 0.129. The van der Waals surface area contributed by atoms with Crippen LogP contribution < -0.4 is 0 Å². The number of rotatable bonds is 4. The maximum absolute atomic E-state index is 6.50. The Morgan fingerprint density at radius 2 is 1.89 bits per heavy atom. The third-order valence-electron chi connectivity index (χ3n) is 4.72. The van der Waals surface area contributed by atoms with Gasteiger partial charge in [-0.3, -0.25) is 0 Å². The number of hydrogen-bond donors (Lipinski definition) is 0. The van der Waals surface area contributed by atoms with Gasteiger partial charge in [0.15, 0.2) is 0 Å². The van der Waals surface area contributed by atoms with Crippen molar-refractivity contribution in [2.45, 2.75) is 64.2 Å². The highest BCUT2D eigenvalue weighted by atomic mass is 35.5. The summed E-state index contributed by atoms with van der Waals surface area (Å²) in [5, 5.41) is 0.448. The monoisotopic (exact) mass is 271 g/mol. The van der Waals surface area contributed by atoms with Gasteiger partial charge in [0.2, 0.25) is 0 Å². The molecule has 1 aliphatic carbocycles. The molecule has 0 amide bonds. The van der Waals surface area contributed by atoms with Crippen molar-refractivity contribution in [3.05, 3.63) is 0 Å². The largest absolute Gasteiger partial charge is 0.303 e. The van der Waals surface area contributed by atoms with Crippen LogP contribution in [0, 0.1) is 17.8 Å². The van der Waals surface area contributed by atoms with Crippen molar-refractivity contribution in [2.75, 3.05) is 19.6 Å². The van der Waals surface area contributed by atoms with Crippen molar-refractivity contribution < 1.29 is 0 Å². The molecule has 2 aliphatic rings. The maximum atomic E-state index is 6.50. The predicted octanol–water partition coefficient (Wildman–Crippen LogP) is 4.54. The van der Waals surface area contributed by atoms with E-state index < -0.39 is 0 Å². The lowest BCUT2D eigenvalue weighted by Gasteiger charge is -2.38. The van der Waals surface area contributed by atoms with Crippen molar-refractivity contribution in [3.63, 3.8) is 0 Å². The summed E-state index contributed by atoms with van der Waals surface area (Å²) in [4.78, 5) is 2.71. The molecule has 1 saturated heterocycles. The fourth-order valence-electron chi connectivity index (χ4n) is 3.88. The van der Waals surface area contributed by atoms with Gasteiger partial charge >= 0.3 is 0 Å². The summed E-state index contributed by atoms with van der Waals surface area (Å²) in [6.45, 7) is 8.62. The van der Waals surface area contributed by atoms with Crippen molar-refractivity contribution in [3.8, 4) is 0 Å². The van der Waals surface area contributed by atoms with Gasteiger partial charge in [-0.25, -0.2) is 0 Å². The summed E-state index contributed by atoms with van der Waals surface area (Å²) >= 11 is 6.50. The first kappa shape index (κ1) is 14.7. The van der Waals surface area contributed by atoms with Gasteiger partial charge in [-0.2, -0.15) is 0 Å². The van der Waals surface area contributed by atoms with E-state index in [2.05, 4.69) is 18.7 Å². The fraction of sp³-hybridized carbons (Fsp3) is 1.00. The minimum Gasteiger partial charge on any atom is -0.303 e. The van der Waals surface area contributed by atoms with E-state index in [1.807, 2.05) is 0 Å². The van der Waals surface area contributed by atoms with Gasteiger partial charge in [-0.1, -0.05) is 26.7 Å². The zero-order valence-electron chi connectivity index (χ0n) is 12.2. The Bertz CT molecular complexity index is 241. The predicted molar refractivity (Wildman–Crippen MR) is 80.2 cm³/mol. The number of halogens is 1. The molecule has 0 aromatic carbocycles. The SMILES string of the molecule is CC(C)CC1CCCN(C[C@@H]2CCCC[C@H]2Cl)C1. The van der Waals surface area contributed by atoms with Crippen LogP contribution in [-0.2, 0) is 0 Å². The molecule has 2 rings (SSSR count). The molecule has 1 aliphatic heterocycles. The Labute approximate surface area is 118 Å². The zero-order chi connectivity index (χ0) is 13.0. The quantitative estimate of drug-likeness (QED) is 0.679. The topological polar surface area (TPSA) is 3.24 Å². The van der Waals surface area contributed by atoms with E-state index in [1.54, 1.807) is 0 Å². The molecule has 1 saturated carbocycles. The van der Waals surface area contributed by atoms with Crippen LogP contribution in [0.1, 0.15) is 58.8 Å². The highest BCUT2D eigenvalue weighted by molar-refractivity contribution is 6.20. The Hall–Kier alpha value is 0.250. The summed E-state index contributed by atoms with van der Waals surface area (Å²) in [5.41, 5.74) is 0. The summed E-state index contributed by atoms with van der Waals surface area (Å²) in [5.74, 6) is 2.56. The third kappa shape index (κ3) is 4.42. The van der Waals surface area contributed by atoms with Crippen molar-refractivity contribution in [1.29, 1.82) is 0 Å². The number of alkyl halides is 1. The van der Waals surface area contributed by atoms with Gasteiger partial charge < -0.3 is 4.90 Å². The van der Waals surface area contributed by atoms with Crippen LogP contribution in [0.15, 0.2) is 0 Å². The normalized spacial score (nSPS) is 35.0. The molecule has 0 radical (unpaired) electrons. The van der Waals surface area contributed by atoms with E-state index in [0.29, 0.717) is 5.38 Å². The molecule has 0 N–H and O–H groups in total. The van der Waals surface area contributed by atoms with Crippen LogP contribution in [0.25, 0.3) is 0 Å².